The van der Waals surface area contributed by atoms with Crippen molar-refractivity contribution in [3.63, 3.8) is 0 Å². The Bertz CT molecular complexity index is 464. The topological polar surface area (TPSA) is 58.6 Å². The minimum absolute atomic E-state index is 0.129. The van der Waals surface area contributed by atoms with Gasteiger partial charge in [-0.25, -0.2) is 0 Å². The number of rotatable bonds is 10. The molecule has 22 heavy (non-hydrogen) atoms. The van der Waals surface area contributed by atoms with Gasteiger partial charge in [0, 0.05) is 6.42 Å². The standard InChI is InChI=1S/C15H20F3NO3/c16-15(17,18)12-6-1-2-7-13(12)22-11-4-3-9-19-10-5-8-14(20)21/h1-2,6-7,19H,3-5,8-11H2,(H,20,21). The Balaban J connectivity index is 2.17. The van der Waals surface area contributed by atoms with Crippen LogP contribution in [0.3, 0.4) is 0 Å². The second-order valence-electron chi connectivity index (χ2n) is 4.80. The quantitative estimate of drug-likeness (QED) is 0.650. The molecule has 1 aromatic rings. The van der Waals surface area contributed by atoms with Crippen molar-refractivity contribution in [1.29, 1.82) is 0 Å². The SMILES string of the molecule is O=C(O)CCCNCCCCOc1ccccc1C(F)(F)F. The summed E-state index contributed by atoms with van der Waals surface area (Å²) in [6, 6.07) is 5.15. The van der Waals surface area contributed by atoms with Gasteiger partial charge in [0.25, 0.3) is 0 Å². The normalized spacial score (nSPS) is 11.4. The molecule has 0 saturated heterocycles. The lowest BCUT2D eigenvalue weighted by Gasteiger charge is -2.13. The number of para-hydroxylation sites is 1. The van der Waals surface area contributed by atoms with E-state index in [1.807, 2.05) is 0 Å². The first-order valence-electron chi connectivity index (χ1n) is 7.13. The Morgan fingerprint density at radius 3 is 2.50 bits per heavy atom. The third-order valence-electron chi connectivity index (χ3n) is 2.94. The molecule has 4 nitrogen and oxygen atoms in total. The number of ether oxygens (including phenoxy) is 1. The number of carboxylic acid groups (broad SMARTS) is 1. The van der Waals surface area contributed by atoms with E-state index < -0.39 is 17.7 Å². The average Bonchev–Trinajstić information content (AvgIpc) is 2.44. The molecule has 0 fully saturated rings. The van der Waals surface area contributed by atoms with Gasteiger partial charge in [-0.15, -0.1) is 0 Å². The van der Waals surface area contributed by atoms with E-state index in [4.69, 9.17) is 9.84 Å². The molecule has 124 valence electrons. The van der Waals surface area contributed by atoms with E-state index in [1.54, 1.807) is 0 Å². The highest BCUT2D eigenvalue weighted by atomic mass is 19.4. The largest absolute Gasteiger partial charge is 0.493 e. The van der Waals surface area contributed by atoms with Crippen LogP contribution >= 0.6 is 0 Å². The van der Waals surface area contributed by atoms with Gasteiger partial charge in [0.15, 0.2) is 0 Å². The molecule has 0 radical (unpaired) electrons. The van der Waals surface area contributed by atoms with Gasteiger partial charge in [0.05, 0.1) is 12.2 Å². The Labute approximate surface area is 127 Å². The molecule has 0 saturated carbocycles. The van der Waals surface area contributed by atoms with Crippen molar-refractivity contribution < 1.29 is 27.8 Å². The number of halogens is 3. The van der Waals surface area contributed by atoms with E-state index in [0.29, 0.717) is 25.9 Å². The molecule has 0 amide bonds. The fourth-order valence-corrected chi connectivity index (χ4v) is 1.85. The van der Waals surface area contributed by atoms with Gasteiger partial charge in [-0.3, -0.25) is 4.79 Å². The van der Waals surface area contributed by atoms with E-state index in [-0.39, 0.29) is 18.8 Å². The Morgan fingerprint density at radius 2 is 1.82 bits per heavy atom. The van der Waals surface area contributed by atoms with Gasteiger partial charge in [0.1, 0.15) is 5.75 Å². The smallest absolute Gasteiger partial charge is 0.419 e. The summed E-state index contributed by atoms with van der Waals surface area (Å²) in [6.45, 7) is 1.51. The molecule has 1 aromatic carbocycles. The molecule has 0 heterocycles. The Morgan fingerprint density at radius 1 is 1.14 bits per heavy atom. The summed E-state index contributed by atoms with van der Waals surface area (Å²) < 4.78 is 43.4. The van der Waals surface area contributed by atoms with Crippen molar-refractivity contribution in [3.05, 3.63) is 29.8 Å². The zero-order valence-corrected chi connectivity index (χ0v) is 12.2. The molecule has 0 spiro atoms. The maximum Gasteiger partial charge on any atom is 0.419 e. The minimum atomic E-state index is -4.41. The van der Waals surface area contributed by atoms with Crippen molar-refractivity contribution in [3.8, 4) is 5.75 Å². The second-order valence-corrected chi connectivity index (χ2v) is 4.80. The third kappa shape index (κ3) is 7.31. The molecule has 0 aromatic heterocycles. The highest BCUT2D eigenvalue weighted by molar-refractivity contribution is 5.66. The van der Waals surface area contributed by atoms with E-state index in [0.717, 1.165) is 12.5 Å². The van der Waals surface area contributed by atoms with Gasteiger partial charge < -0.3 is 15.2 Å². The number of unbranched alkanes of at least 4 members (excludes halogenated alkanes) is 1. The van der Waals surface area contributed by atoms with Gasteiger partial charge in [-0.05, 0) is 44.5 Å². The Kier molecular flexibility index (Phi) is 7.73. The molecule has 7 heteroatoms. The number of nitrogens with one attached hydrogen (secondary N) is 1. The number of carbonyl (C=O) groups is 1. The summed E-state index contributed by atoms with van der Waals surface area (Å²) in [7, 11) is 0. The summed E-state index contributed by atoms with van der Waals surface area (Å²) in [5.74, 6) is -0.969. The number of hydrogen-bond donors (Lipinski definition) is 2. The van der Waals surface area contributed by atoms with Crippen molar-refractivity contribution in [2.45, 2.75) is 31.9 Å². The fourth-order valence-electron chi connectivity index (χ4n) is 1.85. The van der Waals surface area contributed by atoms with Crippen LogP contribution in [0.25, 0.3) is 0 Å². The lowest BCUT2D eigenvalue weighted by Crippen LogP contribution is -2.18. The predicted molar refractivity (Wildman–Crippen MR) is 75.9 cm³/mol. The lowest BCUT2D eigenvalue weighted by atomic mass is 10.2. The minimum Gasteiger partial charge on any atom is -0.493 e. The summed E-state index contributed by atoms with van der Waals surface area (Å²) in [4.78, 5) is 10.3. The highest BCUT2D eigenvalue weighted by Crippen LogP contribution is 2.35. The number of hydrogen-bond acceptors (Lipinski definition) is 3. The van der Waals surface area contributed by atoms with Crippen LogP contribution in [0.2, 0.25) is 0 Å². The van der Waals surface area contributed by atoms with Crippen LogP contribution in [0.1, 0.15) is 31.2 Å². The lowest BCUT2D eigenvalue weighted by molar-refractivity contribution is -0.139. The van der Waals surface area contributed by atoms with E-state index >= 15 is 0 Å². The molecule has 0 unspecified atom stereocenters. The highest BCUT2D eigenvalue weighted by Gasteiger charge is 2.33. The molecule has 0 aliphatic carbocycles. The summed E-state index contributed by atoms with van der Waals surface area (Å²) in [5, 5.41) is 11.5. The number of alkyl halides is 3. The zero-order chi connectivity index (χ0) is 16.4. The van der Waals surface area contributed by atoms with Crippen LogP contribution < -0.4 is 10.1 Å². The molecule has 0 bridgehead atoms. The number of benzene rings is 1. The molecular formula is C15H20F3NO3. The molecular weight excluding hydrogens is 299 g/mol. The van der Waals surface area contributed by atoms with Crippen molar-refractivity contribution in [2.75, 3.05) is 19.7 Å². The molecule has 1 rings (SSSR count). The first-order valence-corrected chi connectivity index (χ1v) is 7.13. The van der Waals surface area contributed by atoms with Crippen LogP contribution in [0, 0.1) is 0 Å². The van der Waals surface area contributed by atoms with Crippen molar-refractivity contribution in [2.24, 2.45) is 0 Å². The average molecular weight is 319 g/mol. The first kappa shape index (κ1) is 18.3. The third-order valence-corrected chi connectivity index (χ3v) is 2.94. The monoisotopic (exact) mass is 319 g/mol. The van der Waals surface area contributed by atoms with E-state index in [1.165, 1.54) is 18.2 Å². The Hall–Kier alpha value is -1.76. The predicted octanol–water partition coefficient (Wildman–Crippen LogP) is 3.32. The molecule has 0 atom stereocenters. The van der Waals surface area contributed by atoms with Gasteiger partial charge in [-0.2, -0.15) is 13.2 Å². The van der Waals surface area contributed by atoms with Crippen LogP contribution in [-0.4, -0.2) is 30.8 Å². The van der Waals surface area contributed by atoms with Gasteiger partial charge in [0.2, 0.25) is 0 Å². The summed E-state index contributed by atoms with van der Waals surface area (Å²) in [6.07, 6.45) is -2.35. The van der Waals surface area contributed by atoms with Crippen LogP contribution in [0.15, 0.2) is 24.3 Å². The van der Waals surface area contributed by atoms with E-state index in [2.05, 4.69) is 5.32 Å². The van der Waals surface area contributed by atoms with Crippen molar-refractivity contribution in [1.82, 2.24) is 5.32 Å². The van der Waals surface area contributed by atoms with Crippen LogP contribution in [-0.2, 0) is 11.0 Å². The number of aliphatic carboxylic acids is 1. The van der Waals surface area contributed by atoms with Crippen LogP contribution in [0.5, 0.6) is 5.75 Å². The first-order chi connectivity index (χ1) is 10.4. The zero-order valence-electron chi connectivity index (χ0n) is 12.2. The second kappa shape index (κ2) is 9.30. The van der Waals surface area contributed by atoms with E-state index in [9.17, 15) is 18.0 Å². The van der Waals surface area contributed by atoms with Gasteiger partial charge >= 0.3 is 12.1 Å². The molecule has 0 aliphatic rings. The molecule has 0 aliphatic heterocycles. The maximum atomic E-state index is 12.7. The number of carboxylic acids is 1. The van der Waals surface area contributed by atoms with Crippen LogP contribution in [0.4, 0.5) is 13.2 Å². The molecule has 2 N–H and O–H groups in total. The summed E-state index contributed by atoms with van der Waals surface area (Å²) >= 11 is 0. The summed E-state index contributed by atoms with van der Waals surface area (Å²) in [5.41, 5.74) is -0.762. The van der Waals surface area contributed by atoms with Gasteiger partial charge in [-0.1, -0.05) is 12.1 Å². The fraction of sp³-hybridized carbons (Fsp3) is 0.533. The maximum absolute atomic E-state index is 12.7. The van der Waals surface area contributed by atoms with Crippen molar-refractivity contribution >= 4 is 5.97 Å².